The first kappa shape index (κ1) is 57.3. The average Bonchev–Trinajstić information content (AvgIpc) is 3.19. The summed E-state index contributed by atoms with van der Waals surface area (Å²) in [7, 11) is 0. The summed E-state index contributed by atoms with van der Waals surface area (Å²) in [5.74, 6) is -2.92. The van der Waals surface area contributed by atoms with Crippen molar-refractivity contribution >= 4 is 29.8 Å². The molecule has 0 radical (unpaired) electrons. The molecule has 60 heavy (non-hydrogen) atoms. The molecule has 0 aliphatic carbocycles. The standard InChI is InChI=1S/C50H93NO9/c1-7-9-11-13-15-17-19-21-22-23-24-25-26-27-28-30-32-34-36-38-40-48(59-44(5)54)50(56)51-46(41-57-42(3)52)49(60-45(6)55)47(58-43(4)53)39-37-35-33-31-29-20-18-16-14-12-10-8-2/h46-49H,7-41H2,1-6H3,(H,51,56)/t46-,47-,48-,49-/m1/s1. The molecule has 0 aliphatic heterocycles. The smallest absolute Gasteiger partial charge is 0.303 e. The molecule has 0 rings (SSSR count). The zero-order valence-electron chi connectivity index (χ0n) is 39.7. The lowest BCUT2D eigenvalue weighted by atomic mass is 9.98. The van der Waals surface area contributed by atoms with Crippen LogP contribution >= 0.6 is 0 Å². The molecule has 0 aliphatic rings. The SMILES string of the molecule is CCCCCCCCCCCCCCCCCCCCCC[C@@H](OC(C)=O)C(=O)N[C@H](COC(C)=O)[C@@H](OC(C)=O)[C@@H](CCCCCCCCCCCCCC)OC(C)=O. The molecule has 0 aromatic carbocycles. The van der Waals surface area contributed by atoms with E-state index in [1.165, 1.54) is 182 Å². The topological polar surface area (TPSA) is 134 Å². The molecule has 0 saturated carbocycles. The monoisotopic (exact) mass is 852 g/mol. The molecule has 0 aromatic rings. The van der Waals surface area contributed by atoms with Crippen molar-refractivity contribution in [3.8, 4) is 0 Å². The van der Waals surface area contributed by atoms with Crippen molar-refractivity contribution in [2.24, 2.45) is 0 Å². The van der Waals surface area contributed by atoms with Gasteiger partial charge in [-0.25, -0.2) is 0 Å². The number of ether oxygens (including phenoxy) is 4. The minimum absolute atomic E-state index is 0.318. The number of hydrogen-bond donors (Lipinski definition) is 1. The molecular weight excluding hydrogens is 759 g/mol. The highest BCUT2D eigenvalue weighted by atomic mass is 16.6. The normalized spacial score (nSPS) is 13.2. The van der Waals surface area contributed by atoms with E-state index in [1.54, 1.807) is 0 Å². The van der Waals surface area contributed by atoms with Crippen LogP contribution in [0.5, 0.6) is 0 Å². The summed E-state index contributed by atoms with van der Waals surface area (Å²) in [5.41, 5.74) is 0. The van der Waals surface area contributed by atoms with E-state index in [0.717, 1.165) is 44.9 Å². The maximum Gasteiger partial charge on any atom is 0.303 e. The van der Waals surface area contributed by atoms with E-state index in [-0.39, 0.29) is 6.61 Å². The molecule has 1 amide bonds. The summed E-state index contributed by atoms with van der Waals surface area (Å²) in [6.07, 6.45) is 37.1. The fraction of sp³-hybridized carbons (Fsp3) is 0.900. The minimum Gasteiger partial charge on any atom is -0.464 e. The highest BCUT2D eigenvalue weighted by Crippen LogP contribution is 2.21. The zero-order chi connectivity index (χ0) is 44.5. The summed E-state index contributed by atoms with van der Waals surface area (Å²) >= 11 is 0. The van der Waals surface area contributed by atoms with Crippen LogP contribution in [0.3, 0.4) is 0 Å². The van der Waals surface area contributed by atoms with E-state index >= 15 is 0 Å². The number of nitrogens with one attached hydrogen (secondary N) is 1. The summed E-state index contributed by atoms with van der Waals surface area (Å²) in [6, 6.07) is -1.04. The second-order valence-electron chi connectivity index (χ2n) is 17.4. The Bertz CT molecular complexity index is 1070. The van der Waals surface area contributed by atoms with Crippen molar-refractivity contribution < 1.29 is 42.9 Å². The molecule has 10 heteroatoms. The molecule has 10 nitrogen and oxygen atoms in total. The number of amides is 1. The van der Waals surface area contributed by atoms with Crippen LogP contribution in [0.1, 0.15) is 260 Å². The van der Waals surface area contributed by atoms with E-state index in [9.17, 15) is 24.0 Å². The van der Waals surface area contributed by atoms with Crippen molar-refractivity contribution in [2.45, 2.75) is 284 Å². The number of rotatable bonds is 43. The third kappa shape index (κ3) is 37.1. The highest BCUT2D eigenvalue weighted by Gasteiger charge is 2.38. The summed E-state index contributed by atoms with van der Waals surface area (Å²) in [4.78, 5) is 62.3. The Kier molecular flexibility index (Phi) is 39.8. The first-order valence-corrected chi connectivity index (χ1v) is 25.0. The van der Waals surface area contributed by atoms with Crippen molar-refractivity contribution in [3.63, 3.8) is 0 Å². The van der Waals surface area contributed by atoms with Gasteiger partial charge in [0.1, 0.15) is 18.8 Å². The predicted octanol–water partition coefficient (Wildman–Crippen LogP) is 13.1. The lowest BCUT2D eigenvalue weighted by molar-refractivity contribution is -0.172. The van der Waals surface area contributed by atoms with Crippen LogP contribution in [-0.4, -0.2) is 60.7 Å². The number of carbonyl (C=O) groups excluding carboxylic acids is 5. The summed E-state index contributed by atoms with van der Waals surface area (Å²) in [6.45, 7) is 9.23. The molecule has 0 heterocycles. The van der Waals surface area contributed by atoms with Gasteiger partial charge >= 0.3 is 23.9 Å². The Morgan fingerprint density at radius 3 is 1.02 bits per heavy atom. The molecule has 0 fully saturated rings. The van der Waals surface area contributed by atoms with Crippen molar-refractivity contribution in [2.75, 3.05) is 6.61 Å². The van der Waals surface area contributed by atoms with Gasteiger partial charge in [0.25, 0.3) is 5.91 Å². The van der Waals surface area contributed by atoms with Crippen LogP contribution in [0.15, 0.2) is 0 Å². The van der Waals surface area contributed by atoms with Gasteiger partial charge in [0, 0.05) is 27.7 Å². The van der Waals surface area contributed by atoms with Crippen LogP contribution in [0, 0.1) is 0 Å². The second kappa shape index (κ2) is 41.7. The Morgan fingerprint density at radius 1 is 0.383 bits per heavy atom. The maximum atomic E-state index is 13.7. The quantitative estimate of drug-likeness (QED) is 0.0361. The molecule has 0 unspecified atom stereocenters. The fourth-order valence-electron chi connectivity index (χ4n) is 8.03. The van der Waals surface area contributed by atoms with E-state index in [4.69, 9.17) is 18.9 Å². The van der Waals surface area contributed by atoms with Crippen molar-refractivity contribution in [1.82, 2.24) is 5.32 Å². The van der Waals surface area contributed by atoms with E-state index in [0.29, 0.717) is 19.3 Å². The predicted molar refractivity (Wildman–Crippen MR) is 244 cm³/mol. The van der Waals surface area contributed by atoms with Gasteiger partial charge in [0.2, 0.25) is 0 Å². The van der Waals surface area contributed by atoms with Crippen molar-refractivity contribution in [1.29, 1.82) is 0 Å². The number of unbranched alkanes of at least 4 members (excludes halogenated alkanes) is 30. The Labute approximate surface area is 367 Å². The first-order chi connectivity index (χ1) is 29.0. The van der Waals surface area contributed by atoms with Gasteiger partial charge < -0.3 is 24.3 Å². The van der Waals surface area contributed by atoms with E-state index in [2.05, 4.69) is 19.2 Å². The Balaban J connectivity index is 4.90. The molecule has 4 atom stereocenters. The third-order valence-electron chi connectivity index (χ3n) is 11.4. The lowest BCUT2D eigenvalue weighted by Crippen LogP contribution is -2.56. The average molecular weight is 852 g/mol. The Hall–Kier alpha value is -2.65. The van der Waals surface area contributed by atoms with Crippen molar-refractivity contribution in [3.05, 3.63) is 0 Å². The van der Waals surface area contributed by atoms with Crippen LogP contribution in [0.25, 0.3) is 0 Å². The fourth-order valence-corrected chi connectivity index (χ4v) is 8.03. The number of hydrogen-bond acceptors (Lipinski definition) is 9. The minimum atomic E-state index is -1.12. The number of esters is 4. The van der Waals surface area contributed by atoms with Gasteiger partial charge in [-0.3, -0.25) is 24.0 Å². The van der Waals surface area contributed by atoms with Gasteiger partial charge in [0.15, 0.2) is 12.2 Å². The van der Waals surface area contributed by atoms with Gasteiger partial charge in [-0.1, -0.05) is 206 Å². The van der Waals surface area contributed by atoms with E-state index in [1.807, 2.05) is 0 Å². The van der Waals surface area contributed by atoms with Crippen LogP contribution in [-0.2, 0) is 42.9 Å². The summed E-state index contributed by atoms with van der Waals surface area (Å²) < 4.78 is 22.2. The highest BCUT2D eigenvalue weighted by molar-refractivity contribution is 5.83. The van der Waals surface area contributed by atoms with Crippen LogP contribution in [0.2, 0.25) is 0 Å². The zero-order valence-corrected chi connectivity index (χ0v) is 39.7. The van der Waals surface area contributed by atoms with Gasteiger partial charge in [0.05, 0.1) is 0 Å². The molecule has 0 bridgehead atoms. The lowest BCUT2D eigenvalue weighted by Gasteiger charge is -2.33. The molecule has 1 N–H and O–H groups in total. The Morgan fingerprint density at radius 2 is 0.700 bits per heavy atom. The van der Waals surface area contributed by atoms with Crippen LogP contribution < -0.4 is 5.32 Å². The molecular formula is C50H93NO9. The van der Waals surface area contributed by atoms with Crippen LogP contribution in [0.4, 0.5) is 0 Å². The molecule has 0 saturated heterocycles. The third-order valence-corrected chi connectivity index (χ3v) is 11.4. The maximum absolute atomic E-state index is 13.7. The van der Waals surface area contributed by atoms with Gasteiger partial charge in [-0.15, -0.1) is 0 Å². The molecule has 352 valence electrons. The second-order valence-corrected chi connectivity index (χ2v) is 17.4. The molecule has 0 spiro atoms. The van der Waals surface area contributed by atoms with Gasteiger partial charge in [-0.05, 0) is 25.7 Å². The number of carbonyl (C=O) groups is 5. The molecule has 0 aromatic heterocycles. The largest absolute Gasteiger partial charge is 0.464 e. The van der Waals surface area contributed by atoms with E-state index < -0.39 is 54.1 Å². The summed E-state index contributed by atoms with van der Waals surface area (Å²) in [5, 5.41) is 2.83. The van der Waals surface area contributed by atoms with Gasteiger partial charge in [-0.2, -0.15) is 0 Å². The first-order valence-electron chi connectivity index (χ1n) is 25.0.